The van der Waals surface area contributed by atoms with Crippen LogP contribution in [0.3, 0.4) is 0 Å². The lowest BCUT2D eigenvalue weighted by Crippen LogP contribution is -2.51. The van der Waals surface area contributed by atoms with Crippen LogP contribution in [0, 0.1) is 0 Å². The van der Waals surface area contributed by atoms with Crippen LogP contribution in [0.5, 0.6) is 11.5 Å². The van der Waals surface area contributed by atoms with E-state index in [1.807, 2.05) is 0 Å². The van der Waals surface area contributed by atoms with Gasteiger partial charge < -0.3 is 14.4 Å². The Kier molecular flexibility index (Phi) is 5.79. The topological polar surface area (TPSA) is 93.2 Å². The summed E-state index contributed by atoms with van der Waals surface area (Å²) in [5.74, 6) is 0.567. The van der Waals surface area contributed by atoms with Gasteiger partial charge in [0.05, 0.1) is 18.9 Å². The van der Waals surface area contributed by atoms with Crippen molar-refractivity contribution in [2.75, 3.05) is 46.2 Å². The van der Waals surface area contributed by atoms with Crippen LogP contribution in [0.2, 0.25) is 0 Å². The van der Waals surface area contributed by atoms with Gasteiger partial charge in [-0.1, -0.05) is 0 Å². The van der Waals surface area contributed by atoms with Crippen molar-refractivity contribution < 1.29 is 27.5 Å². The Bertz CT molecular complexity index is 711. The number of benzene rings is 1. The Hall–Kier alpha value is -2.13. The van der Waals surface area contributed by atoms with E-state index in [0.717, 1.165) is 6.26 Å². The van der Waals surface area contributed by atoms with Crippen LogP contribution in [0.15, 0.2) is 18.2 Å². The number of piperazine rings is 1. The number of aldehydes is 1. The highest BCUT2D eigenvalue weighted by molar-refractivity contribution is 7.88. The summed E-state index contributed by atoms with van der Waals surface area (Å²) in [5, 5.41) is 0. The van der Waals surface area contributed by atoms with Crippen molar-refractivity contribution in [1.82, 2.24) is 9.21 Å². The number of carbonyl (C=O) groups is 2. The zero-order valence-corrected chi connectivity index (χ0v) is 14.4. The average Bonchev–Trinajstić information content (AvgIpc) is 2.58. The summed E-state index contributed by atoms with van der Waals surface area (Å²) >= 11 is 0. The van der Waals surface area contributed by atoms with Crippen LogP contribution >= 0.6 is 0 Å². The van der Waals surface area contributed by atoms with E-state index >= 15 is 0 Å². The molecule has 9 heteroatoms. The highest BCUT2D eigenvalue weighted by Crippen LogP contribution is 2.22. The summed E-state index contributed by atoms with van der Waals surface area (Å²) in [4.78, 5) is 24.8. The fourth-order valence-corrected chi connectivity index (χ4v) is 3.20. The molecule has 1 aliphatic heterocycles. The maximum Gasteiger partial charge on any atom is 0.260 e. The summed E-state index contributed by atoms with van der Waals surface area (Å²) in [6.45, 7) is 0.961. The molecule has 8 nitrogen and oxygen atoms in total. The Morgan fingerprint density at radius 3 is 2.46 bits per heavy atom. The van der Waals surface area contributed by atoms with Crippen molar-refractivity contribution in [1.29, 1.82) is 0 Å². The first-order chi connectivity index (χ1) is 11.3. The number of amides is 1. The van der Waals surface area contributed by atoms with Gasteiger partial charge in [0.15, 0.2) is 12.9 Å². The zero-order chi connectivity index (χ0) is 17.7. The molecule has 0 unspecified atom stereocenters. The molecule has 0 bridgehead atoms. The Morgan fingerprint density at radius 2 is 1.92 bits per heavy atom. The largest absolute Gasteiger partial charge is 0.497 e. The van der Waals surface area contributed by atoms with E-state index in [2.05, 4.69) is 0 Å². The molecule has 0 spiro atoms. The first-order valence-electron chi connectivity index (χ1n) is 7.34. The second kappa shape index (κ2) is 7.63. The third-order valence-electron chi connectivity index (χ3n) is 3.76. The smallest absolute Gasteiger partial charge is 0.260 e. The summed E-state index contributed by atoms with van der Waals surface area (Å²) in [6, 6.07) is 4.73. The van der Waals surface area contributed by atoms with Gasteiger partial charge in [0.25, 0.3) is 5.91 Å². The molecule has 1 saturated heterocycles. The second-order valence-corrected chi connectivity index (χ2v) is 7.34. The average molecular weight is 356 g/mol. The van der Waals surface area contributed by atoms with Gasteiger partial charge in [-0.15, -0.1) is 0 Å². The molecule has 0 radical (unpaired) electrons. The first kappa shape index (κ1) is 18.2. The van der Waals surface area contributed by atoms with Crippen LogP contribution in [0.1, 0.15) is 10.4 Å². The van der Waals surface area contributed by atoms with E-state index in [1.165, 1.54) is 17.5 Å². The number of hydrogen-bond donors (Lipinski definition) is 0. The van der Waals surface area contributed by atoms with Gasteiger partial charge in [-0.3, -0.25) is 9.59 Å². The highest BCUT2D eigenvalue weighted by atomic mass is 32.2. The molecule has 2 rings (SSSR count). The normalized spacial score (nSPS) is 15.8. The van der Waals surface area contributed by atoms with Gasteiger partial charge in [-0.05, 0) is 18.2 Å². The summed E-state index contributed by atoms with van der Waals surface area (Å²) < 4.78 is 34.7. The third kappa shape index (κ3) is 4.45. The van der Waals surface area contributed by atoms with Gasteiger partial charge in [-0.25, -0.2) is 8.42 Å². The van der Waals surface area contributed by atoms with Crippen molar-refractivity contribution >= 4 is 22.2 Å². The first-order valence-corrected chi connectivity index (χ1v) is 9.19. The summed E-state index contributed by atoms with van der Waals surface area (Å²) in [6.07, 6.45) is 1.78. The molecule has 1 aliphatic rings. The Morgan fingerprint density at radius 1 is 1.25 bits per heavy atom. The molecule has 0 aliphatic carbocycles. The molecule has 1 heterocycles. The molecule has 1 aromatic rings. The zero-order valence-electron chi connectivity index (χ0n) is 13.6. The van der Waals surface area contributed by atoms with Gasteiger partial charge in [0, 0.05) is 26.2 Å². The summed E-state index contributed by atoms with van der Waals surface area (Å²) in [5.41, 5.74) is 0.295. The Labute approximate surface area is 141 Å². The molecule has 0 saturated carbocycles. The molecule has 0 N–H and O–H groups in total. The molecular formula is C15H20N2O6S. The molecule has 24 heavy (non-hydrogen) atoms. The van der Waals surface area contributed by atoms with Gasteiger partial charge in [0.2, 0.25) is 10.0 Å². The lowest BCUT2D eigenvalue weighted by atomic mass is 10.2. The van der Waals surface area contributed by atoms with Crippen molar-refractivity contribution in [3.63, 3.8) is 0 Å². The predicted octanol–water partition coefficient (Wildman–Crippen LogP) is -0.00970. The lowest BCUT2D eigenvalue weighted by molar-refractivity contribution is -0.134. The van der Waals surface area contributed by atoms with Crippen LogP contribution in [-0.2, 0) is 14.8 Å². The minimum absolute atomic E-state index is 0.216. The Balaban J connectivity index is 1.91. The molecular weight excluding hydrogens is 336 g/mol. The maximum atomic E-state index is 12.2. The number of ether oxygens (including phenoxy) is 2. The lowest BCUT2D eigenvalue weighted by Gasteiger charge is -2.33. The molecule has 0 atom stereocenters. The van der Waals surface area contributed by atoms with Crippen molar-refractivity contribution in [2.24, 2.45) is 0 Å². The van der Waals surface area contributed by atoms with Crippen LogP contribution in [0.25, 0.3) is 0 Å². The predicted molar refractivity (Wildman–Crippen MR) is 86.9 cm³/mol. The van der Waals surface area contributed by atoms with E-state index in [9.17, 15) is 18.0 Å². The second-order valence-electron chi connectivity index (χ2n) is 5.35. The van der Waals surface area contributed by atoms with Crippen LogP contribution in [0.4, 0.5) is 0 Å². The SMILES string of the molecule is COc1ccc(OCC(=O)N2CCN(S(C)(=O)=O)CC2)c(C=O)c1. The third-order valence-corrected chi connectivity index (χ3v) is 5.06. The minimum Gasteiger partial charge on any atom is -0.497 e. The number of sulfonamides is 1. The molecule has 132 valence electrons. The summed E-state index contributed by atoms with van der Waals surface area (Å²) in [7, 11) is -1.74. The van der Waals surface area contributed by atoms with E-state index in [4.69, 9.17) is 9.47 Å². The van der Waals surface area contributed by atoms with Crippen molar-refractivity contribution in [3.8, 4) is 11.5 Å². The molecule has 0 aromatic heterocycles. The molecule has 1 fully saturated rings. The van der Waals surface area contributed by atoms with Crippen molar-refractivity contribution in [2.45, 2.75) is 0 Å². The van der Waals surface area contributed by atoms with E-state index in [1.54, 1.807) is 17.0 Å². The van der Waals surface area contributed by atoms with Crippen LogP contribution in [-0.4, -0.2) is 76.0 Å². The fraction of sp³-hybridized carbons (Fsp3) is 0.467. The highest BCUT2D eigenvalue weighted by Gasteiger charge is 2.26. The van der Waals surface area contributed by atoms with E-state index in [0.29, 0.717) is 36.4 Å². The minimum atomic E-state index is -3.23. The van der Waals surface area contributed by atoms with E-state index < -0.39 is 10.0 Å². The van der Waals surface area contributed by atoms with Crippen LogP contribution < -0.4 is 9.47 Å². The number of nitrogens with zero attached hydrogens (tertiary/aromatic N) is 2. The van der Waals surface area contributed by atoms with Crippen molar-refractivity contribution in [3.05, 3.63) is 23.8 Å². The number of carbonyl (C=O) groups excluding carboxylic acids is 2. The number of hydrogen-bond acceptors (Lipinski definition) is 6. The monoisotopic (exact) mass is 356 g/mol. The van der Waals surface area contributed by atoms with E-state index in [-0.39, 0.29) is 25.6 Å². The quantitative estimate of drug-likeness (QED) is 0.666. The molecule has 1 aromatic carbocycles. The van der Waals surface area contributed by atoms with Gasteiger partial charge in [-0.2, -0.15) is 4.31 Å². The number of rotatable bonds is 6. The van der Waals surface area contributed by atoms with Gasteiger partial charge in [0.1, 0.15) is 11.5 Å². The number of methoxy groups -OCH3 is 1. The fourth-order valence-electron chi connectivity index (χ4n) is 2.38. The standard InChI is InChI=1S/C15H20N2O6S/c1-22-13-3-4-14(12(9-13)10-18)23-11-15(19)16-5-7-17(8-6-16)24(2,20)21/h3-4,9-10H,5-8,11H2,1-2H3. The maximum absolute atomic E-state index is 12.2. The molecule has 1 amide bonds. The van der Waals surface area contributed by atoms with Gasteiger partial charge >= 0.3 is 0 Å².